The Morgan fingerprint density at radius 3 is 2.49 bits per heavy atom. The number of aromatic nitrogens is 5. The van der Waals surface area contributed by atoms with E-state index >= 15 is 0 Å². The molecule has 0 spiro atoms. The number of anilines is 2. The molecule has 0 bridgehead atoms. The third kappa shape index (κ3) is 4.85. The molecule has 0 atom stereocenters. The molecule has 0 aliphatic carbocycles. The monoisotopic (exact) mass is 490 g/mol. The molecule has 0 fully saturated rings. The van der Waals surface area contributed by atoms with Gasteiger partial charge in [-0.3, -0.25) is 9.36 Å². The quantitative estimate of drug-likeness (QED) is 0.329. The van der Waals surface area contributed by atoms with Crippen LogP contribution in [0.15, 0.2) is 78.0 Å². The summed E-state index contributed by atoms with van der Waals surface area (Å²) < 4.78 is 22.3. The highest BCUT2D eigenvalue weighted by atomic mass is 35.5. The summed E-state index contributed by atoms with van der Waals surface area (Å²) >= 11 is 6.04. The van der Waals surface area contributed by atoms with E-state index in [0.29, 0.717) is 46.7 Å². The zero-order chi connectivity index (χ0) is 24.4. The normalized spacial score (nSPS) is 11.1. The van der Waals surface area contributed by atoms with Gasteiger partial charge in [0, 0.05) is 23.3 Å². The molecule has 0 saturated carbocycles. The van der Waals surface area contributed by atoms with Gasteiger partial charge in [-0.2, -0.15) is 4.98 Å². The number of fused-ring (bicyclic) bond motifs is 1. The zero-order valence-electron chi connectivity index (χ0n) is 18.7. The first-order chi connectivity index (χ1) is 17.0. The van der Waals surface area contributed by atoms with E-state index in [1.807, 2.05) is 35.8 Å². The molecule has 5 rings (SSSR count). The summed E-state index contributed by atoms with van der Waals surface area (Å²) in [5.74, 6) is 0.725. The van der Waals surface area contributed by atoms with Crippen LogP contribution in [0.3, 0.4) is 0 Å². The Morgan fingerprint density at radius 1 is 1.03 bits per heavy atom. The molecule has 0 aliphatic heterocycles. The fourth-order valence-electron chi connectivity index (χ4n) is 3.63. The Labute approximate surface area is 204 Å². The van der Waals surface area contributed by atoms with E-state index in [1.54, 1.807) is 35.2 Å². The number of pyridine rings is 1. The highest BCUT2D eigenvalue weighted by Crippen LogP contribution is 2.24. The molecular weight excluding hydrogens is 471 g/mol. The van der Waals surface area contributed by atoms with E-state index in [2.05, 4.69) is 20.3 Å². The largest absolute Gasteiger partial charge is 0.439 e. The number of ether oxygens (including phenoxy) is 1. The number of aryl methyl sites for hydroxylation is 1. The molecule has 0 amide bonds. The van der Waals surface area contributed by atoms with E-state index in [-0.39, 0.29) is 11.4 Å². The minimum Gasteiger partial charge on any atom is -0.439 e. The summed E-state index contributed by atoms with van der Waals surface area (Å²) in [6.45, 7) is 2.98. The highest BCUT2D eigenvalue weighted by Gasteiger charge is 2.16. The van der Waals surface area contributed by atoms with Crippen LogP contribution in [-0.4, -0.2) is 24.1 Å². The van der Waals surface area contributed by atoms with E-state index in [1.165, 1.54) is 12.1 Å². The van der Waals surface area contributed by atoms with Crippen molar-refractivity contribution in [3.05, 3.63) is 99.9 Å². The first-order valence-corrected chi connectivity index (χ1v) is 11.2. The predicted molar refractivity (Wildman–Crippen MR) is 132 cm³/mol. The van der Waals surface area contributed by atoms with E-state index < -0.39 is 5.82 Å². The minimum absolute atomic E-state index is 0.280. The predicted octanol–water partition coefficient (Wildman–Crippen LogP) is 5.38. The second-order valence-corrected chi connectivity index (χ2v) is 8.16. The minimum atomic E-state index is -0.435. The average Bonchev–Trinajstić information content (AvgIpc) is 3.30. The maximum absolute atomic E-state index is 13.1. The van der Waals surface area contributed by atoms with E-state index in [9.17, 15) is 9.18 Å². The summed E-state index contributed by atoms with van der Waals surface area (Å²) in [7, 11) is 0. The SMILES string of the molecule is CCn1cnc2c1c(=O)nc(Nc1ccc(Oc3ccc(F)cn3)cc1)n2Cc1ccc(Cl)cc1. The molecule has 10 heteroatoms. The Hall–Kier alpha value is -4.24. The second-order valence-electron chi connectivity index (χ2n) is 7.72. The van der Waals surface area contributed by atoms with Crippen molar-refractivity contribution in [2.45, 2.75) is 20.0 Å². The van der Waals surface area contributed by atoms with Crippen molar-refractivity contribution in [2.75, 3.05) is 5.32 Å². The van der Waals surface area contributed by atoms with Gasteiger partial charge < -0.3 is 14.6 Å². The Morgan fingerprint density at radius 2 is 1.80 bits per heavy atom. The molecule has 0 saturated heterocycles. The molecule has 0 aliphatic rings. The van der Waals surface area contributed by atoms with Gasteiger partial charge in [0.05, 0.1) is 19.1 Å². The van der Waals surface area contributed by atoms with Crippen LogP contribution in [0.4, 0.5) is 16.0 Å². The van der Waals surface area contributed by atoms with Crippen LogP contribution in [0, 0.1) is 5.82 Å². The summed E-state index contributed by atoms with van der Waals surface area (Å²) in [5.41, 5.74) is 2.28. The van der Waals surface area contributed by atoms with Gasteiger partial charge in [0.2, 0.25) is 11.8 Å². The summed E-state index contributed by atoms with van der Waals surface area (Å²) in [6, 6.07) is 17.2. The van der Waals surface area contributed by atoms with Gasteiger partial charge in [-0.1, -0.05) is 23.7 Å². The lowest BCUT2D eigenvalue weighted by Crippen LogP contribution is -2.20. The molecule has 1 N–H and O–H groups in total. The maximum atomic E-state index is 13.1. The van der Waals surface area contributed by atoms with Crippen molar-refractivity contribution in [1.29, 1.82) is 0 Å². The number of nitrogens with one attached hydrogen (secondary N) is 1. The van der Waals surface area contributed by atoms with Gasteiger partial charge in [0.1, 0.15) is 11.6 Å². The van der Waals surface area contributed by atoms with Gasteiger partial charge in [-0.05, 0) is 55.0 Å². The number of benzene rings is 2. The van der Waals surface area contributed by atoms with Gasteiger partial charge in [-0.15, -0.1) is 0 Å². The van der Waals surface area contributed by atoms with Crippen molar-refractivity contribution in [3.8, 4) is 11.6 Å². The number of imidazole rings is 1. The van der Waals surface area contributed by atoms with Crippen LogP contribution in [0.2, 0.25) is 5.02 Å². The van der Waals surface area contributed by atoms with Crippen molar-refractivity contribution >= 4 is 34.4 Å². The molecule has 5 aromatic rings. The fraction of sp³-hybridized carbons (Fsp3) is 0.120. The Kier molecular flexibility index (Phi) is 6.15. The Bertz CT molecular complexity index is 1530. The maximum Gasteiger partial charge on any atom is 0.300 e. The van der Waals surface area contributed by atoms with Crippen LogP contribution >= 0.6 is 11.6 Å². The van der Waals surface area contributed by atoms with Crippen molar-refractivity contribution < 1.29 is 9.13 Å². The molecule has 35 heavy (non-hydrogen) atoms. The molecule has 8 nitrogen and oxygen atoms in total. The summed E-state index contributed by atoms with van der Waals surface area (Å²) in [5, 5.41) is 3.86. The molecule has 176 valence electrons. The molecule has 3 aromatic heterocycles. The van der Waals surface area contributed by atoms with Crippen LogP contribution in [0.5, 0.6) is 11.6 Å². The number of halogens is 2. The van der Waals surface area contributed by atoms with Gasteiger partial charge >= 0.3 is 5.56 Å². The topological polar surface area (TPSA) is 86.9 Å². The first kappa shape index (κ1) is 22.5. The highest BCUT2D eigenvalue weighted by molar-refractivity contribution is 6.30. The third-order valence-electron chi connectivity index (χ3n) is 5.37. The van der Waals surface area contributed by atoms with Gasteiger partial charge in [0.15, 0.2) is 11.2 Å². The van der Waals surface area contributed by atoms with E-state index in [4.69, 9.17) is 16.3 Å². The van der Waals surface area contributed by atoms with Crippen LogP contribution in [0.25, 0.3) is 11.2 Å². The summed E-state index contributed by atoms with van der Waals surface area (Å²) in [6.07, 6.45) is 2.73. The lowest BCUT2D eigenvalue weighted by atomic mass is 10.2. The van der Waals surface area contributed by atoms with E-state index in [0.717, 1.165) is 11.8 Å². The standard InChI is InChI=1S/C25H20ClFN6O2/c1-2-32-15-29-23-22(32)24(34)31-25(33(23)14-16-3-5-17(26)6-4-16)30-19-8-10-20(11-9-19)35-21-12-7-18(27)13-28-21/h3-13,15H,2,14H2,1H3,(H,30,31,34). The van der Waals surface area contributed by atoms with Gasteiger partial charge in [-0.25, -0.2) is 14.4 Å². The molecule has 3 heterocycles. The molecule has 0 radical (unpaired) electrons. The van der Waals surface area contributed by atoms with Crippen molar-refractivity contribution in [1.82, 2.24) is 24.1 Å². The first-order valence-electron chi connectivity index (χ1n) is 10.9. The summed E-state index contributed by atoms with van der Waals surface area (Å²) in [4.78, 5) is 25.6. The number of rotatable bonds is 7. The molecule has 0 unspecified atom stereocenters. The van der Waals surface area contributed by atoms with Crippen molar-refractivity contribution in [3.63, 3.8) is 0 Å². The number of hydrogen-bond donors (Lipinski definition) is 1. The third-order valence-corrected chi connectivity index (χ3v) is 5.62. The zero-order valence-corrected chi connectivity index (χ0v) is 19.4. The van der Waals surface area contributed by atoms with Crippen LogP contribution < -0.4 is 15.6 Å². The number of nitrogens with zero attached hydrogens (tertiary/aromatic N) is 5. The Balaban J connectivity index is 1.47. The fourth-order valence-corrected chi connectivity index (χ4v) is 3.76. The van der Waals surface area contributed by atoms with Gasteiger partial charge in [0.25, 0.3) is 0 Å². The lowest BCUT2D eigenvalue weighted by Gasteiger charge is -2.15. The molecule has 2 aromatic carbocycles. The van der Waals surface area contributed by atoms with Crippen LogP contribution in [-0.2, 0) is 13.1 Å². The van der Waals surface area contributed by atoms with Crippen molar-refractivity contribution in [2.24, 2.45) is 0 Å². The lowest BCUT2D eigenvalue weighted by molar-refractivity contribution is 0.459. The number of hydrogen-bond acceptors (Lipinski definition) is 6. The average molecular weight is 491 g/mol. The smallest absolute Gasteiger partial charge is 0.300 e. The van der Waals surface area contributed by atoms with Crippen LogP contribution in [0.1, 0.15) is 12.5 Å². The second kappa shape index (κ2) is 9.55. The molecular formula is C25H20ClFN6O2.